The third-order valence-corrected chi connectivity index (χ3v) is 2.29. The molecule has 0 aromatic rings. The molecule has 0 radical (unpaired) electrons. The van der Waals surface area contributed by atoms with E-state index in [-0.39, 0.29) is 23.8 Å². The number of carboxylic acid groups (broad SMARTS) is 1. The van der Waals surface area contributed by atoms with Gasteiger partial charge in [0.1, 0.15) is 0 Å². The lowest BCUT2D eigenvalue weighted by molar-refractivity contribution is -0.133. The quantitative estimate of drug-likeness (QED) is 0.486. The number of rotatable bonds is 6. The summed E-state index contributed by atoms with van der Waals surface area (Å²) < 4.78 is 5.20. The molecule has 7 heteroatoms. The van der Waals surface area contributed by atoms with Crippen LogP contribution in [-0.4, -0.2) is 42.3 Å². The standard InChI is InChI=1S/C12H20N2O5/c1-7(2)19-6-5-13-12(18)14-10(15)8(3)9(4)11(16)17/h7H,5-6H2,1-4H3,(H,16,17)(H2,13,14,15,18). The Balaban J connectivity index is 4.17. The number of carbonyl (C=O) groups is 3. The molecule has 19 heavy (non-hydrogen) atoms. The number of hydrogen-bond donors (Lipinski definition) is 3. The Morgan fingerprint density at radius 1 is 1.16 bits per heavy atom. The van der Waals surface area contributed by atoms with Crippen LogP contribution in [0.1, 0.15) is 27.7 Å². The maximum atomic E-state index is 11.5. The average Bonchev–Trinajstić information content (AvgIpc) is 2.32. The van der Waals surface area contributed by atoms with Gasteiger partial charge in [-0.25, -0.2) is 9.59 Å². The number of carboxylic acids is 1. The van der Waals surface area contributed by atoms with Crippen molar-refractivity contribution < 1.29 is 24.2 Å². The van der Waals surface area contributed by atoms with Crippen LogP contribution in [0.25, 0.3) is 0 Å². The van der Waals surface area contributed by atoms with Crippen LogP contribution in [0.4, 0.5) is 4.79 Å². The van der Waals surface area contributed by atoms with E-state index in [4.69, 9.17) is 9.84 Å². The topological polar surface area (TPSA) is 105 Å². The van der Waals surface area contributed by atoms with Crippen molar-refractivity contribution in [1.82, 2.24) is 10.6 Å². The van der Waals surface area contributed by atoms with Crippen LogP contribution in [0.5, 0.6) is 0 Å². The maximum absolute atomic E-state index is 11.5. The number of hydrogen-bond acceptors (Lipinski definition) is 4. The monoisotopic (exact) mass is 272 g/mol. The van der Waals surface area contributed by atoms with Crippen LogP contribution in [-0.2, 0) is 14.3 Å². The predicted molar refractivity (Wildman–Crippen MR) is 68.6 cm³/mol. The molecular weight excluding hydrogens is 252 g/mol. The molecule has 3 N–H and O–H groups in total. The van der Waals surface area contributed by atoms with Gasteiger partial charge in [-0.1, -0.05) is 0 Å². The van der Waals surface area contributed by atoms with Crippen molar-refractivity contribution in [3.05, 3.63) is 11.1 Å². The third-order valence-electron chi connectivity index (χ3n) is 2.29. The smallest absolute Gasteiger partial charge is 0.331 e. The van der Waals surface area contributed by atoms with Crippen molar-refractivity contribution >= 4 is 17.9 Å². The van der Waals surface area contributed by atoms with Crippen LogP contribution in [0.3, 0.4) is 0 Å². The molecule has 7 nitrogen and oxygen atoms in total. The molecule has 0 saturated heterocycles. The van der Waals surface area contributed by atoms with Crippen LogP contribution < -0.4 is 10.6 Å². The fraction of sp³-hybridized carbons (Fsp3) is 0.583. The van der Waals surface area contributed by atoms with Gasteiger partial charge >= 0.3 is 12.0 Å². The Bertz CT molecular complexity index is 388. The van der Waals surface area contributed by atoms with Gasteiger partial charge in [-0.2, -0.15) is 0 Å². The zero-order valence-electron chi connectivity index (χ0n) is 11.6. The molecule has 0 heterocycles. The van der Waals surface area contributed by atoms with Gasteiger partial charge in [-0.05, 0) is 27.7 Å². The Kier molecular flexibility index (Phi) is 7.43. The van der Waals surface area contributed by atoms with Crippen LogP contribution >= 0.6 is 0 Å². The van der Waals surface area contributed by atoms with Gasteiger partial charge in [-0.3, -0.25) is 10.1 Å². The van der Waals surface area contributed by atoms with Crippen LogP contribution in [0.2, 0.25) is 0 Å². The maximum Gasteiger partial charge on any atom is 0.331 e. The van der Waals surface area contributed by atoms with E-state index >= 15 is 0 Å². The second-order valence-electron chi connectivity index (χ2n) is 4.18. The van der Waals surface area contributed by atoms with E-state index in [9.17, 15) is 14.4 Å². The lowest BCUT2D eigenvalue weighted by Gasteiger charge is -2.09. The Morgan fingerprint density at radius 2 is 1.74 bits per heavy atom. The highest BCUT2D eigenvalue weighted by atomic mass is 16.5. The lowest BCUT2D eigenvalue weighted by atomic mass is 10.1. The molecule has 0 bridgehead atoms. The summed E-state index contributed by atoms with van der Waals surface area (Å²) in [5.74, 6) is -1.93. The van der Waals surface area contributed by atoms with Crippen molar-refractivity contribution in [3.8, 4) is 0 Å². The van der Waals surface area contributed by atoms with Gasteiger partial charge in [0, 0.05) is 17.7 Å². The second kappa shape index (κ2) is 8.25. The van der Waals surface area contributed by atoms with Crippen molar-refractivity contribution in [2.45, 2.75) is 33.8 Å². The molecule has 0 spiro atoms. The number of nitrogens with one attached hydrogen (secondary N) is 2. The zero-order valence-corrected chi connectivity index (χ0v) is 11.6. The summed E-state index contributed by atoms with van der Waals surface area (Å²) in [5, 5.41) is 13.2. The van der Waals surface area contributed by atoms with Gasteiger partial charge in [0.15, 0.2) is 0 Å². The van der Waals surface area contributed by atoms with E-state index in [1.54, 1.807) is 0 Å². The van der Waals surface area contributed by atoms with Crippen LogP contribution in [0.15, 0.2) is 11.1 Å². The molecule has 3 amide bonds. The SMILES string of the molecule is CC(C(=O)O)=C(C)C(=O)NC(=O)NCCOC(C)C. The summed E-state index contributed by atoms with van der Waals surface area (Å²) in [6, 6.07) is -0.685. The number of ether oxygens (including phenoxy) is 1. The molecular formula is C12H20N2O5. The third kappa shape index (κ3) is 7.20. The summed E-state index contributed by atoms with van der Waals surface area (Å²) in [7, 11) is 0. The van der Waals surface area contributed by atoms with E-state index < -0.39 is 17.9 Å². The summed E-state index contributed by atoms with van der Waals surface area (Å²) in [4.78, 5) is 33.5. The molecule has 0 aromatic carbocycles. The molecule has 0 fully saturated rings. The number of amides is 3. The number of imide groups is 1. The van der Waals surface area contributed by atoms with E-state index in [1.807, 2.05) is 19.2 Å². The Hall–Kier alpha value is -1.89. The summed E-state index contributed by atoms with van der Waals surface area (Å²) in [6.45, 7) is 6.97. The molecule has 108 valence electrons. The van der Waals surface area contributed by atoms with Gasteiger partial charge in [0.05, 0.1) is 12.7 Å². The predicted octanol–water partition coefficient (Wildman–Crippen LogP) is 0.658. The Morgan fingerprint density at radius 3 is 2.21 bits per heavy atom. The Labute approximate surface area is 112 Å². The number of carbonyl (C=O) groups excluding carboxylic acids is 2. The fourth-order valence-corrected chi connectivity index (χ4v) is 1.03. The molecule has 0 atom stereocenters. The first-order valence-corrected chi connectivity index (χ1v) is 5.87. The normalized spacial score (nSPS) is 11.8. The minimum Gasteiger partial charge on any atom is -0.478 e. The summed E-state index contributed by atoms with van der Waals surface area (Å²) >= 11 is 0. The zero-order chi connectivity index (χ0) is 15.0. The van der Waals surface area contributed by atoms with Crippen molar-refractivity contribution in [3.63, 3.8) is 0 Å². The van der Waals surface area contributed by atoms with Gasteiger partial charge in [0.25, 0.3) is 5.91 Å². The van der Waals surface area contributed by atoms with Gasteiger partial charge < -0.3 is 15.2 Å². The average molecular weight is 272 g/mol. The first-order chi connectivity index (χ1) is 8.75. The van der Waals surface area contributed by atoms with E-state index in [2.05, 4.69) is 5.32 Å². The first-order valence-electron chi connectivity index (χ1n) is 5.87. The highest BCUT2D eigenvalue weighted by molar-refractivity contribution is 6.07. The molecule has 0 aliphatic rings. The molecule has 0 aliphatic carbocycles. The number of urea groups is 1. The lowest BCUT2D eigenvalue weighted by Crippen LogP contribution is -2.41. The van der Waals surface area contributed by atoms with Gasteiger partial charge in [-0.15, -0.1) is 0 Å². The minimum absolute atomic E-state index is 0.0129. The van der Waals surface area contributed by atoms with E-state index in [0.29, 0.717) is 6.61 Å². The van der Waals surface area contributed by atoms with Crippen molar-refractivity contribution in [2.75, 3.05) is 13.2 Å². The highest BCUT2D eigenvalue weighted by Crippen LogP contribution is 2.03. The summed E-state index contributed by atoms with van der Waals surface area (Å²) in [6.07, 6.45) is 0.0647. The fourth-order valence-electron chi connectivity index (χ4n) is 1.03. The summed E-state index contributed by atoms with van der Waals surface area (Å²) in [5.41, 5.74) is -0.116. The molecule has 0 rings (SSSR count). The highest BCUT2D eigenvalue weighted by Gasteiger charge is 2.14. The van der Waals surface area contributed by atoms with Gasteiger partial charge in [0.2, 0.25) is 0 Å². The molecule has 0 unspecified atom stereocenters. The van der Waals surface area contributed by atoms with Crippen LogP contribution in [0, 0.1) is 0 Å². The second-order valence-corrected chi connectivity index (χ2v) is 4.18. The van der Waals surface area contributed by atoms with Crippen molar-refractivity contribution in [2.24, 2.45) is 0 Å². The molecule has 0 aliphatic heterocycles. The molecule has 0 saturated carbocycles. The van der Waals surface area contributed by atoms with E-state index in [0.717, 1.165) is 0 Å². The largest absolute Gasteiger partial charge is 0.478 e. The first kappa shape index (κ1) is 17.1. The van der Waals surface area contributed by atoms with E-state index in [1.165, 1.54) is 13.8 Å². The molecule has 0 aromatic heterocycles. The van der Waals surface area contributed by atoms with Crippen molar-refractivity contribution in [1.29, 1.82) is 0 Å². The minimum atomic E-state index is -1.20. The number of aliphatic carboxylic acids is 1.